The number of amides is 1. The molecule has 0 bridgehead atoms. The lowest BCUT2D eigenvalue weighted by molar-refractivity contribution is -0.605. The number of benzene rings is 2. The third-order valence-corrected chi connectivity index (χ3v) is 8.89. The van der Waals surface area contributed by atoms with Crippen LogP contribution in [-0.4, -0.2) is 54.0 Å². The molecule has 5 rings (SSSR count). The Kier molecular flexibility index (Phi) is 10.1. The molecule has 232 valence electrons. The number of nitrogens with zero attached hydrogens (tertiary/aromatic N) is 2. The Morgan fingerprint density at radius 2 is 1.86 bits per heavy atom. The van der Waals surface area contributed by atoms with E-state index < -0.39 is 30.0 Å². The summed E-state index contributed by atoms with van der Waals surface area (Å²) in [5.41, 5.74) is 1.23. The number of alkyl halides is 2. The van der Waals surface area contributed by atoms with E-state index in [1.165, 1.54) is 40.9 Å². The van der Waals surface area contributed by atoms with Crippen LogP contribution in [0.15, 0.2) is 54.9 Å². The second-order valence-corrected chi connectivity index (χ2v) is 12.2. The van der Waals surface area contributed by atoms with E-state index in [-0.39, 0.29) is 40.1 Å². The predicted molar refractivity (Wildman–Crippen MR) is 158 cm³/mol. The molecule has 2 aromatic carbocycles. The number of carbonyl (C=O) groups excluding carboxylic acids is 3. The molecule has 0 N–H and O–H groups in total. The summed E-state index contributed by atoms with van der Waals surface area (Å²) in [4.78, 5) is 39.6. The van der Waals surface area contributed by atoms with Crippen molar-refractivity contribution in [1.82, 2.24) is 4.90 Å². The van der Waals surface area contributed by atoms with E-state index in [0.29, 0.717) is 46.0 Å². The minimum atomic E-state index is -3.09. The summed E-state index contributed by atoms with van der Waals surface area (Å²) in [6.45, 7) is -2.53. The SMILES string of the molecule is O=Cc1cccc(C(=O)N2CCS[C@H]2C(=O)O[C@@H](Cc2c(Cl)c[n+]([O-])cc2Cl)c2ccc(OC(F)F)c(OCC3CC3)c2)c1. The van der Waals surface area contributed by atoms with Gasteiger partial charge in [-0.1, -0.05) is 41.4 Å². The largest absolute Gasteiger partial charge is 0.619 e. The van der Waals surface area contributed by atoms with Gasteiger partial charge in [0.15, 0.2) is 29.3 Å². The minimum absolute atomic E-state index is 0.0264. The van der Waals surface area contributed by atoms with Crippen LogP contribution in [0.4, 0.5) is 8.78 Å². The van der Waals surface area contributed by atoms with Gasteiger partial charge in [-0.3, -0.25) is 9.59 Å². The number of carbonyl (C=O) groups is 3. The average Bonchev–Trinajstić information content (AvgIpc) is 3.69. The monoisotopic (exact) mass is 666 g/mol. The standard InChI is InChI=1S/C30H26Cl2F2N2O7S/c31-22-13-35(40)14-23(32)21(22)12-25(19-6-7-24(43-30(33)34)26(11-19)41-16-17-4-5-17)42-29(39)28-36(8-9-44-28)27(38)20-3-1-2-18(10-20)15-37/h1-3,6-7,10-11,13-15,17,25,28,30H,4-5,8-9,12,16H2/t25-,28-/m0/s1. The molecule has 2 atom stereocenters. The van der Waals surface area contributed by atoms with Gasteiger partial charge in [-0.25, -0.2) is 4.79 Å². The van der Waals surface area contributed by atoms with Gasteiger partial charge in [0.2, 0.25) is 0 Å². The molecule has 1 aliphatic heterocycles. The number of esters is 1. The van der Waals surface area contributed by atoms with E-state index >= 15 is 0 Å². The number of rotatable bonds is 12. The molecule has 0 spiro atoms. The summed E-state index contributed by atoms with van der Waals surface area (Å²) in [5, 5.41) is 10.9. The highest BCUT2D eigenvalue weighted by molar-refractivity contribution is 8.00. The maximum Gasteiger partial charge on any atom is 0.387 e. The first kappa shape index (κ1) is 31.8. The van der Waals surface area contributed by atoms with Crippen molar-refractivity contribution in [3.8, 4) is 11.5 Å². The number of ether oxygens (including phenoxy) is 3. The van der Waals surface area contributed by atoms with Crippen molar-refractivity contribution in [2.75, 3.05) is 18.9 Å². The van der Waals surface area contributed by atoms with E-state index in [9.17, 15) is 28.4 Å². The Morgan fingerprint density at radius 1 is 1.11 bits per heavy atom. The smallest absolute Gasteiger partial charge is 0.387 e. The van der Waals surface area contributed by atoms with Gasteiger partial charge in [0.1, 0.15) is 22.4 Å². The van der Waals surface area contributed by atoms with E-state index in [0.717, 1.165) is 25.2 Å². The average molecular weight is 668 g/mol. The fourth-order valence-electron chi connectivity index (χ4n) is 4.64. The molecule has 2 aliphatic rings. The summed E-state index contributed by atoms with van der Waals surface area (Å²) in [7, 11) is 0. The maximum atomic E-state index is 13.7. The third-order valence-electron chi connectivity index (χ3n) is 7.06. The molecule has 3 aromatic rings. The summed E-state index contributed by atoms with van der Waals surface area (Å²) in [6, 6.07) is 10.3. The zero-order valence-corrected chi connectivity index (χ0v) is 25.3. The van der Waals surface area contributed by atoms with Gasteiger partial charge in [-0.05, 0) is 48.6 Å². The van der Waals surface area contributed by atoms with Crippen LogP contribution in [0.5, 0.6) is 11.5 Å². The normalized spacial score (nSPS) is 16.9. The number of pyridine rings is 1. The molecule has 1 amide bonds. The van der Waals surface area contributed by atoms with Crippen molar-refractivity contribution in [2.24, 2.45) is 5.92 Å². The van der Waals surface area contributed by atoms with Crippen LogP contribution in [-0.2, 0) is 16.0 Å². The first-order valence-corrected chi connectivity index (χ1v) is 15.4. The third kappa shape index (κ3) is 7.72. The Hall–Kier alpha value is -3.61. The Labute approximate surface area is 265 Å². The van der Waals surface area contributed by atoms with Crippen LogP contribution in [0.1, 0.15) is 50.8 Å². The quantitative estimate of drug-likeness (QED) is 0.102. The maximum absolute atomic E-state index is 13.7. The van der Waals surface area contributed by atoms with Gasteiger partial charge < -0.3 is 24.3 Å². The molecule has 1 aliphatic carbocycles. The van der Waals surface area contributed by atoms with Gasteiger partial charge in [-0.2, -0.15) is 13.5 Å². The molecule has 1 aromatic heterocycles. The van der Waals surface area contributed by atoms with Gasteiger partial charge in [-0.15, -0.1) is 11.8 Å². The molecule has 14 heteroatoms. The second kappa shape index (κ2) is 14.0. The fourth-order valence-corrected chi connectivity index (χ4v) is 6.34. The lowest BCUT2D eigenvalue weighted by atomic mass is 10.0. The van der Waals surface area contributed by atoms with Crippen LogP contribution in [0.2, 0.25) is 10.0 Å². The first-order valence-electron chi connectivity index (χ1n) is 13.6. The molecule has 2 fully saturated rings. The Morgan fingerprint density at radius 3 is 2.55 bits per heavy atom. The van der Waals surface area contributed by atoms with Crippen molar-refractivity contribution in [2.45, 2.75) is 37.4 Å². The zero-order chi connectivity index (χ0) is 31.4. The van der Waals surface area contributed by atoms with Gasteiger partial charge in [0.25, 0.3) is 5.91 Å². The highest BCUT2D eigenvalue weighted by Crippen LogP contribution is 2.38. The lowest BCUT2D eigenvalue weighted by Gasteiger charge is -2.26. The highest BCUT2D eigenvalue weighted by atomic mass is 35.5. The van der Waals surface area contributed by atoms with Crippen molar-refractivity contribution < 1.29 is 42.1 Å². The van der Waals surface area contributed by atoms with Crippen molar-refractivity contribution in [3.05, 3.63) is 92.4 Å². The topological polar surface area (TPSA) is 109 Å². The van der Waals surface area contributed by atoms with Crippen molar-refractivity contribution >= 4 is 53.1 Å². The van der Waals surface area contributed by atoms with Crippen LogP contribution >= 0.6 is 35.0 Å². The molecular formula is C30H26Cl2F2N2O7S. The molecular weight excluding hydrogens is 641 g/mol. The number of hydrogen-bond donors (Lipinski definition) is 0. The predicted octanol–water partition coefficient (Wildman–Crippen LogP) is 5.87. The molecule has 1 saturated carbocycles. The van der Waals surface area contributed by atoms with Gasteiger partial charge >= 0.3 is 12.6 Å². The van der Waals surface area contributed by atoms with Gasteiger partial charge in [0.05, 0.1) is 6.61 Å². The molecule has 0 radical (unpaired) electrons. The lowest BCUT2D eigenvalue weighted by Crippen LogP contribution is -2.40. The van der Waals surface area contributed by atoms with Crippen LogP contribution < -0.4 is 14.2 Å². The fraction of sp³-hybridized carbons (Fsp3) is 0.333. The van der Waals surface area contributed by atoms with E-state index in [2.05, 4.69) is 4.74 Å². The number of halogens is 4. The first-order chi connectivity index (χ1) is 21.1. The van der Waals surface area contributed by atoms with E-state index in [1.807, 2.05) is 0 Å². The molecule has 0 unspecified atom stereocenters. The van der Waals surface area contributed by atoms with E-state index in [1.54, 1.807) is 18.2 Å². The zero-order valence-electron chi connectivity index (χ0n) is 23.0. The summed E-state index contributed by atoms with van der Waals surface area (Å²) < 4.78 is 43.2. The molecule has 9 nitrogen and oxygen atoms in total. The number of hydrogen-bond acceptors (Lipinski definition) is 8. The highest BCUT2D eigenvalue weighted by Gasteiger charge is 2.38. The van der Waals surface area contributed by atoms with Crippen LogP contribution in [0.3, 0.4) is 0 Å². The number of aldehydes is 1. The Bertz CT molecular complexity index is 1540. The summed E-state index contributed by atoms with van der Waals surface area (Å²) in [5.74, 6) is -0.563. The Balaban J connectivity index is 1.45. The second-order valence-electron chi connectivity index (χ2n) is 10.2. The van der Waals surface area contributed by atoms with Crippen LogP contribution in [0, 0.1) is 11.1 Å². The van der Waals surface area contributed by atoms with Crippen molar-refractivity contribution in [1.29, 1.82) is 0 Å². The molecule has 44 heavy (non-hydrogen) atoms. The van der Waals surface area contributed by atoms with Gasteiger partial charge in [0, 0.05) is 35.4 Å². The summed E-state index contributed by atoms with van der Waals surface area (Å²) in [6.07, 6.45) is 3.58. The molecule has 1 saturated heterocycles. The minimum Gasteiger partial charge on any atom is -0.619 e. The van der Waals surface area contributed by atoms with Crippen molar-refractivity contribution in [3.63, 3.8) is 0 Å². The number of aromatic nitrogens is 1. The van der Waals surface area contributed by atoms with E-state index in [4.69, 9.17) is 32.7 Å². The molecule has 2 heterocycles. The number of thioether (sulfide) groups is 1. The van der Waals surface area contributed by atoms with Crippen LogP contribution in [0.25, 0.3) is 0 Å². The summed E-state index contributed by atoms with van der Waals surface area (Å²) >= 11 is 13.9.